The van der Waals surface area contributed by atoms with Gasteiger partial charge in [-0.2, -0.15) is 10.2 Å². The third-order valence-corrected chi connectivity index (χ3v) is 2.49. The van der Waals surface area contributed by atoms with Crippen LogP contribution in [-0.2, 0) is 0 Å². The van der Waals surface area contributed by atoms with E-state index in [9.17, 15) is 4.79 Å². The van der Waals surface area contributed by atoms with Gasteiger partial charge in [0.25, 0.3) is 5.91 Å². The largest absolute Gasteiger partial charge is 0.336 e. The fourth-order valence-electron chi connectivity index (χ4n) is 1.72. The monoisotopic (exact) mass is 242 g/mol. The number of rotatable bonds is 1. The van der Waals surface area contributed by atoms with Crippen LogP contribution in [0.25, 0.3) is 0 Å². The molecule has 88 valence electrons. The molecule has 1 amide bonds. The zero-order valence-corrected chi connectivity index (χ0v) is 9.91. The van der Waals surface area contributed by atoms with Gasteiger partial charge in [0.1, 0.15) is 0 Å². The van der Waals surface area contributed by atoms with Gasteiger partial charge in [-0.3, -0.25) is 4.79 Å². The second-order valence-electron chi connectivity index (χ2n) is 3.74. The van der Waals surface area contributed by atoms with E-state index in [1.54, 1.807) is 12.3 Å². The Bertz CT molecular complexity index is 346. The summed E-state index contributed by atoms with van der Waals surface area (Å²) >= 11 is 0. The number of carbonyl (C=O) groups excluding carboxylic acids is 1. The smallest absolute Gasteiger partial charge is 0.255 e. The molecule has 0 aromatic carbocycles. The Morgan fingerprint density at radius 1 is 1.56 bits per heavy atom. The van der Waals surface area contributed by atoms with Gasteiger partial charge in [-0.15, -0.1) is 12.4 Å². The Hall–Kier alpha value is -1.20. The van der Waals surface area contributed by atoms with Crippen molar-refractivity contribution in [2.45, 2.75) is 13.0 Å². The van der Waals surface area contributed by atoms with Gasteiger partial charge in [0.15, 0.2) is 0 Å². The molecule has 1 fully saturated rings. The number of nitrogens with one attached hydrogen (secondary N) is 1. The van der Waals surface area contributed by atoms with Crippen molar-refractivity contribution in [1.29, 1.82) is 0 Å². The average Bonchev–Trinajstić information content (AvgIpc) is 2.29. The number of carbonyl (C=O) groups is 1. The van der Waals surface area contributed by atoms with Gasteiger partial charge in [0.2, 0.25) is 0 Å². The van der Waals surface area contributed by atoms with Crippen molar-refractivity contribution >= 4 is 18.3 Å². The van der Waals surface area contributed by atoms with Crippen molar-refractivity contribution in [2.24, 2.45) is 0 Å². The minimum Gasteiger partial charge on any atom is -0.336 e. The molecule has 2 heterocycles. The van der Waals surface area contributed by atoms with Crippen LogP contribution in [0.4, 0.5) is 0 Å². The molecule has 6 heteroatoms. The van der Waals surface area contributed by atoms with E-state index in [-0.39, 0.29) is 18.3 Å². The number of halogens is 1. The van der Waals surface area contributed by atoms with E-state index in [0.29, 0.717) is 11.6 Å². The lowest BCUT2D eigenvalue weighted by molar-refractivity contribution is 0.0708. The first-order valence-corrected chi connectivity index (χ1v) is 5.07. The molecule has 1 aromatic rings. The third-order valence-electron chi connectivity index (χ3n) is 2.49. The SMILES string of the molecule is C[C@@H]1CN(C(=O)c2ccnnc2)CCN1.Cl. The van der Waals surface area contributed by atoms with Gasteiger partial charge < -0.3 is 10.2 Å². The summed E-state index contributed by atoms with van der Waals surface area (Å²) in [6, 6.07) is 2.06. The molecular formula is C10H15ClN4O. The minimum atomic E-state index is 0. The van der Waals surface area contributed by atoms with Gasteiger partial charge in [-0.25, -0.2) is 0 Å². The topological polar surface area (TPSA) is 58.1 Å². The maximum Gasteiger partial charge on any atom is 0.255 e. The van der Waals surface area contributed by atoms with Crippen molar-refractivity contribution < 1.29 is 4.79 Å². The summed E-state index contributed by atoms with van der Waals surface area (Å²) in [5, 5.41) is 10.7. The van der Waals surface area contributed by atoms with E-state index < -0.39 is 0 Å². The Balaban J connectivity index is 0.00000128. The Kier molecular flexibility index (Phi) is 4.64. The highest BCUT2D eigenvalue weighted by Crippen LogP contribution is 2.05. The van der Waals surface area contributed by atoms with E-state index in [2.05, 4.69) is 22.4 Å². The highest BCUT2D eigenvalue weighted by atomic mass is 35.5. The van der Waals surface area contributed by atoms with Crippen LogP contribution in [0.3, 0.4) is 0 Å². The van der Waals surface area contributed by atoms with Crippen LogP contribution in [0.1, 0.15) is 17.3 Å². The summed E-state index contributed by atoms with van der Waals surface area (Å²) < 4.78 is 0. The van der Waals surface area contributed by atoms with Crippen LogP contribution < -0.4 is 5.32 Å². The van der Waals surface area contributed by atoms with Gasteiger partial charge in [-0.05, 0) is 13.0 Å². The van der Waals surface area contributed by atoms with Crippen molar-refractivity contribution in [2.75, 3.05) is 19.6 Å². The van der Waals surface area contributed by atoms with Crippen molar-refractivity contribution in [1.82, 2.24) is 20.4 Å². The lowest BCUT2D eigenvalue weighted by atomic mass is 10.2. The zero-order chi connectivity index (χ0) is 10.7. The number of nitrogens with zero attached hydrogens (tertiary/aromatic N) is 3. The summed E-state index contributed by atoms with van der Waals surface area (Å²) in [6.07, 6.45) is 3.05. The molecule has 1 saturated heterocycles. The Labute approximate surface area is 101 Å². The maximum atomic E-state index is 12.0. The Morgan fingerprint density at radius 2 is 2.38 bits per heavy atom. The van der Waals surface area contributed by atoms with E-state index in [1.807, 2.05) is 4.90 Å². The van der Waals surface area contributed by atoms with E-state index in [0.717, 1.165) is 19.6 Å². The average molecular weight is 243 g/mol. The second kappa shape index (κ2) is 5.77. The van der Waals surface area contributed by atoms with Crippen LogP contribution >= 0.6 is 12.4 Å². The highest BCUT2D eigenvalue weighted by molar-refractivity contribution is 5.93. The van der Waals surface area contributed by atoms with E-state index in [1.165, 1.54) is 6.20 Å². The van der Waals surface area contributed by atoms with Gasteiger partial charge in [0, 0.05) is 25.7 Å². The molecule has 0 aliphatic carbocycles. The zero-order valence-electron chi connectivity index (χ0n) is 9.09. The van der Waals surface area contributed by atoms with Gasteiger partial charge in [-0.1, -0.05) is 0 Å². The van der Waals surface area contributed by atoms with Crippen LogP contribution in [0.5, 0.6) is 0 Å². The fourth-order valence-corrected chi connectivity index (χ4v) is 1.72. The molecule has 0 unspecified atom stereocenters. The third kappa shape index (κ3) is 2.90. The molecule has 1 aliphatic rings. The number of hydrogen-bond donors (Lipinski definition) is 1. The summed E-state index contributed by atoms with van der Waals surface area (Å²) in [4.78, 5) is 13.8. The molecule has 5 nitrogen and oxygen atoms in total. The predicted molar refractivity (Wildman–Crippen MR) is 62.6 cm³/mol. The van der Waals surface area contributed by atoms with Gasteiger partial charge >= 0.3 is 0 Å². The lowest BCUT2D eigenvalue weighted by Crippen LogP contribution is -2.51. The standard InChI is InChI=1S/C10H14N4O.ClH/c1-8-7-14(5-4-11-8)10(15)9-2-3-12-13-6-9;/h2-3,6,8,11H,4-5,7H2,1H3;1H/t8-;/m1./s1. The van der Waals surface area contributed by atoms with Crippen LogP contribution in [-0.4, -0.2) is 46.7 Å². The molecular weight excluding hydrogens is 228 g/mol. The molecule has 1 N–H and O–H groups in total. The first-order chi connectivity index (χ1) is 7.27. The molecule has 0 saturated carbocycles. The number of piperazine rings is 1. The molecule has 0 bridgehead atoms. The fraction of sp³-hybridized carbons (Fsp3) is 0.500. The maximum absolute atomic E-state index is 12.0. The van der Waals surface area contributed by atoms with Crippen molar-refractivity contribution in [3.63, 3.8) is 0 Å². The van der Waals surface area contributed by atoms with Crippen molar-refractivity contribution in [3.8, 4) is 0 Å². The Morgan fingerprint density at radius 3 is 3.00 bits per heavy atom. The summed E-state index contributed by atoms with van der Waals surface area (Å²) in [6.45, 7) is 4.43. The molecule has 0 radical (unpaired) electrons. The molecule has 0 spiro atoms. The lowest BCUT2D eigenvalue weighted by Gasteiger charge is -2.31. The number of aromatic nitrogens is 2. The van der Waals surface area contributed by atoms with Crippen LogP contribution in [0.2, 0.25) is 0 Å². The van der Waals surface area contributed by atoms with Crippen molar-refractivity contribution in [3.05, 3.63) is 24.0 Å². The van der Waals surface area contributed by atoms with E-state index in [4.69, 9.17) is 0 Å². The van der Waals surface area contributed by atoms with Crippen LogP contribution in [0.15, 0.2) is 18.5 Å². The quantitative estimate of drug-likeness (QED) is 0.771. The summed E-state index contributed by atoms with van der Waals surface area (Å²) in [7, 11) is 0. The normalized spacial score (nSPS) is 20.1. The minimum absolute atomic E-state index is 0. The molecule has 1 aliphatic heterocycles. The summed E-state index contributed by atoms with van der Waals surface area (Å²) in [5.41, 5.74) is 0.610. The molecule has 1 atom stereocenters. The molecule has 16 heavy (non-hydrogen) atoms. The van der Waals surface area contributed by atoms with Crippen LogP contribution in [0, 0.1) is 0 Å². The predicted octanol–water partition coefficient (Wildman–Crippen LogP) is 0.332. The molecule has 1 aromatic heterocycles. The number of amides is 1. The molecule has 2 rings (SSSR count). The van der Waals surface area contributed by atoms with E-state index >= 15 is 0 Å². The highest BCUT2D eigenvalue weighted by Gasteiger charge is 2.21. The van der Waals surface area contributed by atoms with Gasteiger partial charge in [0.05, 0.1) is 18.0 Å². The first kappa shape index (κ1) is 12.9. The first-order valence-electron chi connectivity index (χ1n) is 5.07. The summed E-state index contributed by atoms with van der Waals surface area (Å²) in [5.74, 6) is 0.0400. The second-order valence-corrected chi connectivity index (χ2v) is 3.74. The number of hydrogen-bond acceptors (Lipinski definition) is 4.